The summed E-state index contributed by atoms with van der Waals surface area (Å²) >= 11 is 0. The summed E-state index contributed by atoms with van der Waals surface area (Å²) in [5.41, 5.74) is 4.66. The van der Waals surface area contributed by atoms with Gasteiger partial charge in [-0.25, -0.2) is 14.6 Å². The van der Waals surface area contributed by atoms with E-state index in [0.29, 0.717) is 29.4 Å². The predicted octanol–water partition coefficient (Wildman–Crippen LogP) is 4.47. The number of rotatable bonds is 6. The number of carbonyl (C=O) groups excluding carboxylic acids is 1. The zero-order chi connectivity index (χ0) is 24.4. The highest BCUT2D eigenvalue weighted by atomic mass is 16.5. The number of nitrogens with zero attached hydrogens (tertiary/aromatic N) is 6. The minimum absolute atomic E-state index is 0.129. The van der Waals surface area contributed by atoms with E-state index in [4.69, 9.17) is 4.74 Å². The summed E-state index contributed by atoms with van der Waals surface area (Å²) in [7, 11) is 3.41. The number of ether oxygens (including phenoxy) is 1. The maximum absolute atomic E-state index is 13.3. The summed E-state index contributed by atoms with van der Waals surface area (Å²) in [5, 5.41) is 5.46. The third kappa shape index (κ3) is 4.21. The molecule has 2 aromatic carbocycles. The smallest absolute Gasteiger partial charge is 0.257 e. The second kappa shape index (κ2) is 9.34. The minimum atomic E-state index is -0.129. The molecule has 0 bridgehead atoms. The van der Waals surface area contributed by atoms with E-state index in [1.54, 1.807) is 42.3 Å². The number of carbonyl (C=O) groups is 1. The molecule has 3 heterocycles. The molecule has 0 fully saturated rings. The quantitative estimate of drug-likeness (QED) is 0.369. The SMILES string of the molecule is COc1ccccc1-c1ccnc(-n2ncc(C(=O)N(C)Cc3cccc4ncccc34)c2C)n1. The summed E-state index contributed by atoms with van der Waals surface area (Å²) in [6.45, 7) is 2.29. The van der Waals surface area contributed by atoms with Crippen LogP contribution in [0.15, 0.2) is 79.3 Å². The Morgan fingerprint density at radius 2 is 1.86 bits per heavy atom. The highest BCUT2D eigenvalue weighted by molar-refractivity contribution is 5.95. The second-order valence-electron chi connectivity index (χ2n) is 8.15. The molecule has 0 aliphatic heterocycles. The molecule has 1 amide bonds. The Kier molecular flexibility index (Phi) is 5.93. The van der Waals surface area contributed by atoms with Crippen LogP contribution in [0.1, 0.15) is 21.6 Å². The van der Waals surface area contributed by atoms with Gasteiger partial charge in [0.2, 0.25) is 0 Å². The van der Waals surface area contributed by atoms with Crippen LogP contribution in [0.25, 0.3) is 28.1 Å². The van der Waals surface area contributed by atoms with E-state index in [1.807, 2.05) is 67.6 Å². The van der Waals surface area contributed by atoms with Crippen LogP contribution in [0.5, 0.6) is 5.75 Å². The fourth-order valence-corrected chi connectivity index (χ4v) is 4.12. The van der Waals surface area contributed by atoms with Crippen LogP contribution in [0.3, 0.4) is 0 Å². The number of amides is 1. The lowest BCUT2D eigenvalue weighted by Gasteiger charge is -2.18. The van der Waals surface area contributed by atoms with Crippen molar-refractivity contribution in [1.29, 1.82) is 0 Å². The minimum Gasteiger partial charge on any atom is -0.496 e. The van der Waals surface area contributed by atoms with Gasteiger partial charge in [-0.2, -0.15) is 5.10 Å². The number of pyridine rings is 1. The molecule has 5 rings (SSSR count). The third-order valence-corrected chi connectivity index (χ3v) is 5.95. The monoisotopic (exact) mass is 464 g/mol. The lowest BCUT2D eigenvalue weighted by Crippen LogP contribution is -2.26. The summed E-state index contributed by atoms with van der Waals surface area (Å²) < 4.78 is 7.05. The van der Waals surface area contributed by atoms with Gasteiger partial charge in [-0.1, -0.05) is 30.3 Å². The third-order valence-electron chi connectivity index (χ3n) is 5.95. The number of para-hydroxylation sites is 1. The van der Waals surface area contributed by atoms with Crippen molar-refractivity contribution in [3.8, 4) is 23.0 Å². The van der Waals surface area contributed by atoms with Crippen molar-refractivity contribution in [1.82, 2.24) is 29.6 Å². The largest absolute Gasteiger partial charge is 0.496 e. The van der Waals surface area contributed by atoms with Gasteiger partial charge in [-0.3, -0.25) is 9.78 Å². The van der Waals surface area contributed by atoms with Crippen molar-refractivity contribution in [2.45, 2.75) is 13.5 Å². The standard InChI is InChI=1S/C27H24N6O2/c1-18-22(26(34)32(2)17-19-8-6-11-23-20(19)10-7-14-28-23)16-30-33(18)27-29-15-13-24(31-27)21-9-4-5-12-25(21)35-3/h4-16H,17H2,1-3H3. The number of hydrogen-bond donors (Lipinski definition) is 0. The molecule has 8 heteroatoms. The van der Waals surface area contributed by atoms with E-state index >= 15 is 0 Å². The molecule has 0 unspecified atom stereocenters. The molecule has 0 radical (unpaired) electrons. The Balaban J connectivity index is 1.42. The fourth-order valence-electron chi connectivity index (χ4n) is 4.12. The highest BCUT2D eigenvalue weighted by Crippen LogP contribution is 2.28. The van der Waals surface area contributed by atoms with E-state index in [1.165, 1.54) is 0 Å². The Hall–Kier alpha value is -4.59. The summed E-state index contributed by atoms with van der Waals surface area (Å²) in [4.78, 5) is 28.5. The van der Waals surface area contributed by atoms with Crippen molar-refractivity contribution in [3.63, 3.8) is 0 Å². The molecule has 0 spiro atoms. The molecule has 3 aromatic heterocycles. The molecule has 35 heavy (non-hydrogen) atoms. The van der Waals surface area contributed by atoms with Gasteiger partial charge in [0.25, 0.3) is 11.9 Å². The molecular formula is C27H24N6O2. The van der Waals surface area contributed by atoms with Crippen LogP contribution < -0.4 is 4.74 Å². The van der Waals surface area contributed by atoms with E-state index in [0.717, 1.165) is 27.8 Å². The number of hydrogen-bond acceptors (Lipinski definition) is 6. The van der Waals surface area contributed by atoms with Crippen molar-refractivity contribution in [3.05, 3.63) is 96.1 Å². The first-order chi connectivity index (χ1) is 17.1. The van der Waals surface area contributed by atoms with E-state index in [2.05, 4.69) is 20.1 Å². The average molecular weight is 465 g/mol. The number of benzene rings is 2. The number of methoxy groups -OCH3 is 1. The van der Waals surface area contributed by atoms with Crippen molar-refractivity contribution in [2.24, 2.45) is 0 Å². The number of fused-ring (bicyclic) bond motifs is 1. The molecule has 0 aliphatic rings. The van der Waals surface area contributed by atoms with Crippen molar-refractivity contribution < 1.29 is 9.53 Å². The lowest BCUT2D eigenvalue weighted by atomic mass is 10.1. The van der Waals surface area contributed by atoms with Crippen LogP contribution in [0.2, 0.25) is 0 Å². The Labute approximate surface area is 202 Å². The second-order valence-corrected chi connectivity index (χ2v) is 8.15. The topological polar surface area (TPSA) is 86.0 Å². The maximum Gasteiger partial charge on any atom is 0.257 e. The molecule has 0 saturated heterocycles. The van der Waals surface area contributed by atoms with Crippen LogP contribution in [0, 0.1) is 6.92 Å². The van der Waals surface area contributed by atoms with E-state index in [9.17, 15) is 4.79 Å². The first-order valence-electron chi connectivity index (χ1n) is 11.2. The molecule has 0 N–H and O–H groups in total. The van der Waals surface area contributed by atoms with Crippen LogP contribution in [-0.2, 0) is 6.54 Å². The van der Waals surface area contributed by atoms with Crippen LogP contribution in [0.4, 0.5) is 0 Å². The van der Waals surface area contributed by atoms with Gasteiger partial charge in [0.1, 0.15) is 5.75 Å². The van der Waals surface area contributed by atoms with Crippen LogP contribution >= 0.6 is 0 Å². The summed E-state index contributed by atoms with van der Waals surface area (Å²) in [6.07, 6.45) is 5.01. The first kappa shape index (κ1) is 22.2. The highest BCUT2D eigenvalue weighted by Gasteiger charge is 2.21. The molecule has 0 aliphatic carbocycles. The molecule has 8 nitrogen and oxygen atoms in total. The first-order valence-corrected chi connectivity index (χ1v) is 11.2. The molecule has 0 atom stereocenters. The molecule has 174 valence electrons. The Bertz CT molecular complexity index is 1520. The molecule has 5 aromatic rings. The van der Waals surface area contributed by atoms with Crippen molar-refractivity contribution >= 4 is 16.8 Å². The van der Waals surface area contributed by atoms with E-state index in [-0.39, 0.29) is 5.91 Å². The number of aromatic nitrogens is 5. The van der Waals surface area contributed by atoms with Gasteiger partial charge in [-0.05, 0) is 42.8 Å². The zero-order valence-electron chi connectivity index (χ0n) is 19.7. The van der Waals surface area contributed by atoms with Crippen molar-refractivity contribution in [2.75, 3.05) is 14.2 Å². The lowest BCUT2D eigenvalue weighted by molar-refractivity contribution is 0.0785. The Morgan fingerprint density at radius 3 is 2.71 bits per heavy atom. The normalized spacial score (nSPS) is 10.9. The Morgan fingerprint density at radius 1 is 1.00 bits per heavy atom. The fraction of sp³-hybridized carbons (Fsp3) is 0.148. The predicted molar refractivity (Wildman–Crippen MR) is 133 cm³/mol. The summed E-state index contributed by atoms with van der Waals surface area (Å²) in [6, 6.07) is 19.3. The maximum atomic E-state index is 13.3. The summed E-state index contributed by atoms with van der Waals surface area (Å²) in [5.74, 6) is 0.971. The van der Waals surface area contributed by atoms with Gasteiger partial charge in [-0.15, -0.1) is 0 Å². The zero-order valence-corrected chi connectivity index (χ0v) is 19.7. The van der Waals surface area contributed by atoms with Gasteiger partial charge in [0, 0.05) is 36.9 Å². The molecular weight excluding hydrogens is 440 g/mol. The molecule has 0 saturated carbocycles. The van der Waals surface area contributed by atoms with Gasteiger partial charge < -0.3 is 9.64 Å². The van der Waals surface area contributed by atoms with Gasteiger partial charge in [0.05, 0.1) is 35.8 Å². The van der Waals surface area contributed by atoms with Gasteiger partial charge in [0.15, 0.2) is 0 Å². The average Bonchev–Trinajstić information content (AvgIpc) is 3.29. The van der Waals surface area contributed by atoms with Gasteiger partial charge >= 0.3 is 0 Å². The van der Waals surface area contributed by atoms with E-state index < -0.39 is 0 Å². The van der Waals surface area contributed by atoms with Crippen LogP contribution in [-0.4, -0.2) is 49.7 Å².